The fourth-order valence-electron chi connectivity index (χ4n) is 3.40. The van der Waals surface area contributed by atoms with Gasteiger partial charge < -0.3 is 19.1 Å². The first kappa shape index (κ1) is 30.7. The maximum absolute atomic E-state index is 12.2. The number of likely N-dealkylation sites (N-methyl/N-ethyl adjacent to an activating group) is 1. The third-order valence-corrected chi connectivity index (χ3v) is 6.47. The number of nitrogens with zero attached hydrogens (tertiary/aromatic N) is 6. The van der Waals surface area contributed by atoms with Crippen LogP contribution in [0.25, 0.3) is 0 Å². The molecule has 216 valence electrons. The average Bonchev–Trinajstić information content (AvgIpc) is 2.98. The molecule has 0 bridgehead atoms. The van der Waals surface area contributed by atoms with E-state index in [9.17, 15) is 14.9 Å². The van der Waals surface area contributed by atoms with Crippen LogP contribution in [-0.4, -0.2) is 45.3 Å². The third-order valence-electron chi connectivity index (χ3n) is 6.47. The van der Waals surface area contributed by atoms with E-state index in [-0.39, 0.29) is 11.7 Å². The molecule has 0 aromatic heterocycles. The maximum atomic E-state index is 12.2. The number of methoxy groups -OCH3 is 2. The van der Waals surface area contributed by atoms with E-state index in [0.29, 0.717) is 47.4 Å². The normalized spacial score (nSPS) is 11.6. The molecular formula is C29H34N6O6. The van der Waals surface area contributed by atoms with Gasteiger partial charge in [-0.1, -0.05) is 6.92 Å². The largest absolute Gasteiger partial charge is 0.494 e. The zero-order chi connectivity index (χ0) is 30.0. The SMILES string of the molecule is CCC(C)(C)C(=O)OCCN(C)c1ccc(N=Nc2cc(OC)c(N=Nc3ccc([N+](=O)[O-])cc3)cc2OC)cc1. The number of carbonyl (C=O) groups is 1. The molecule has 0 heterocycles. The predicted molar refractivity (Wildman–Crippen MR) is 156 cm³/mol. The molecule has 0 amide bonds. The number of ether oxygens (including phenoxy) is 3. The van der Waals surface area contributed by atoms with Gasteiger partial charge in [0.2, 0.25) is 0 Å². The fraction of sp³-hybridized carbons (Fsp3) is 0.345. The van der Waals surface area contributed by atoms with Gasteiger partial charge in [-0.15, -0.1) is 10.2 Å². The van der Waals surface area contributed by atoms with E-state index >= 15 is 0 Å². The lowest BCUT2D eigenvalue weighted by atomic mass is 9.91. The number of hydrogen-bond acceptors (Lipinski definition) is 11. The van der Waals surface area contributed by atoms with Crippen molar-refractivity contribution < 1.29 is 23.9 Å². The van der Waals surface area contributed by atoms with Crippen LogP contribution in [0.2, 0.25) is 0 Å². The molecular weight excluding hydrogens is 528 g/mol. The molecule has 0 atom stereocenters. The van der Waals surface area contributed by atoms with Gasteiger partial charge in [0.25, 0.3) is 5.69 Å². The molecule has 0 unspecified atom stereocenters. The Morgan fingerprint density at radius 3 is 1.80 bits per heavy atom. The van der Waals surface area contributed by atoms with Crippen LogP contribution in [0.4, 0.5) is 34.1 Å². The number of carbonyl (C=O) groups excluding carboxylic acids is 1. The van der Waals surface area contributed by atoms with Crippen LogP contribution < -0.4 is 14.4 Å². The van der Waals surface area contributed by atoms with Gasteiger partial charge in [0.05, 0.1) is 42.5 Å². The molecule has 0 N–H and O–H groups in total. The molecule has 12 heteroatoms. The molecule has 3 rings (SSSR count). The highest BCUT2D eigenvalue weighted by Gasteiger charge is 2.26. The van der Waals surface area contributed by atoms with Crippen molar-refractivity contribution in [2.75, 3.05) is 39.3 Å². The highest BCUT2D eigenvalue weighted by atomic mass is 16.6. The second-order valence-corrected chi connectivity index (χ2v) is 9.68. The zero-order valence-electron chi connectivity index (χ0n) is 24.0. The summed E-state index contributed by atoms with van der Waals surface area (Å²) in [5.74, 6) is 0.603. The lowest BCUT2D eigenvalue weighted by Gasteiger charge is -2.23. The molecule has 0 spiro atoms. The van der Waals surface area contributed by atoms with Crippen molar-refractivity contribution in [1.82, 2.24) is 0 Å². The first-order chi connectivity index (χ1) is 19.6. The molecule has 41 heavy (non-hydrogen) atoms. The summed E-state index contributed by atoms with van der Waals surface area (Å²) in [4.78, 5) is 24.5. The molecule has 3 aromatic carbocycles. The Hall–Kier alpha value is -4.87. The van der Waals surface area contributed by atoms with Crippen LogP contribution in [0.1, 0.15) is 27.2 Å². The number of nitro groups is 1. The van der Waals surface area contributed by atoms with Gasteiger partial charge in [0.1, 0.15) is 29.5 Å². The number of nitro benzene ring substituents is 1. The first-order valence-electron chi connectivity index (χ1n) is 12.9. The molecule has 12 nitrogen and oxygen atoms in total. The summed E-state index contributed by atoms with van der Waals surface area (Å²) in [5, 5.41) is 27.8. The number of hydrogen-bond donors (Lipinski definition) is 0. The minimum absolute atomic E-state index is 0.0335. The van der Waals surface area contributed by atoms with E-state index in [4.69, 9.17) is 14.2 Å². The van der Waals surface area contributed by atoms with Gasteiger partial charge in [0, 0.05) is 37.0 Å². The summed E-state index contributed by atoms with van der Waals surface area (Å²) < 4.78 is 16.4. The van der Waals surface area contributed by atoms with Crippen LogP contribution >= 0.6 is 0 Å². The summed E-state index contributed by atoms with van der Waals surface area (Å²) in [5.41, 5.74) is 2.30. The Labute approximate surface area is 238 Å². The number of azo groups is 2. The molecule has 0 aliphatic heterocycles. The Morgan fingerprint density at radius 2 is 1.37 bits per heavy atom. The van der Waals surface area contributed by atoms with E-state index in [1.54, 1.807) is 12.1 Å². The van der Waals surface area contributed by atoms with Crippen LogP contribution in [0.3, 0.4) is 0 Å². The van der Waals surface area contributed by atoms with Crippen molar-refractivity contribution >= 4 is 40.1 Å². The van der Waals surface area contributed by atoms with Gasteiger partial charge in [-0.25, -0.2) is 0 Å². The standard InChI is InChI=1S/C29H34N6O6/c1-7-29(2,3)28(36)41-17-16-34(4)22-12-8-20(9-13-22)30-32-24-18-27(40-6)25(19-26(24)39-5)33-31-21-10-14-23(15-11-21)35(37)38/h8-15,18-19H,7,16-17H2,1-6H3. The quantitative estimate of drug-likeness (QED) is 0.0893. The highest BCUT2D eigenvalue weighted by molar-refractivity contribution is 5.75. The number of anilines is 1. The van der Waals surface area contributed by atoms with Gasteiger partial charge in [-0.2, -0.15) is 10.2 Å². The predicted octanol–water partition coefficient (Wildman–Crippen LogP) is 7.86. The topological polar surface area (TPSA) is 141 Å². The Kier molecular flexibility index (Phi) is 10.4. The van der Waals surface area contributed by atoms with Crippen LogP contribution in [0, 0.1) is 15.5 Å². The highest BCUT2D eigenvalue weighted by Crippen LogP contribution is 2.41. The van der Waals surface area contributed by atoms with Crippen molar-refractivity contribution in [2.24, 2.45) is 25.9 Å². The smallest absolute Gasteiger partial charge is 0.311 e. The molecule has 0 saturated heterocycles. The lowest BCUT2D eigenvalue weighted by Crippen LogP contribution is -2.30. The fourth-order valence-corrected chi connectivity index (χ4v) is 3.40. The van der Waals surface area contributed by atoms with Crippen molar-refractivity contribution in [3.05, 3.63) is 70.8 Å². The second kappa shape index (κ2) is 14.0. The van der Waals surface area contributed by atoms with Gasteiger partial charge >= 0.3 is 5.97 Å². The lowest BCUT2D eigenvalue weighted by molar-refractivity contribution is -0.384. The van der Waals surface area contributed by atoms with Crippen LogP contribution in [0.15, 0.2) is 81.1 Å². The number of esters is 1. The Balaban J connectivity index is 1.68. The average molecular weight is 563 g/mol. The monoisotopic (exact) mass is 562 g/mol. The van der Waals surface area contributed by atoms with Crippen molar-refractivity contribution in [3.8, 4) is 11.5 Å². The van der Waals surface area contributed by atoms with E-state index in [1.165, 1.54) is 38.5 Å². The van der Waals surface area contributed by atoms with Gasteiger partial charge in [-0.3, -0.25) is 14.9 Å². The number of rotatable bonds is 13. The van der Waals surface area contributed by atoms with E-state index in [0.717, 1.165) is 12.1 Å². The molecule has 0 fully saturated rings. The molecule has 0 aliphatic rings. The Bertz CT molecular complexity index is 1400. The molecule has 0 saturated carbocycles. The second-order valence-electron chi connectivity index (χ2n) is 9.68. The molecule has 0 aliphatic carbocycles. The molecule has 3 aromatic rings. The van der Waals surface area contributed by atoms with E-state index in [1.807, 2.05) is 57.0 Å². The van der Waals surface area contributed by atoms with Crippen molar-refractivity contribution in [3.63, 3.8) is 0 Å². The summed E-state index contributed by atoms with van der Waals surface area (Å²) >= 11 is 0. The summed E-state index contributed by atoms with van der Waals surface area (Å²) in [6, 6.07) is 16.4. The zero-order valence-corrected chi connectivity index (χ0v) is 24.0. The maximum Gasteiger partial charge on any atom is 0.311 e. The summed E-state index contributed by atoms with van der Waals surface area (Å²) in [6.45, 7) is 6.57. The molecule has 0 radical (unpaired) electrons. The van der Waals surface area contributed by atoms with Crippen molar-refractivity contribution in [2.45, 2.75) is 27.2 Å². The minimum atomic E-state index is -0.488. The van der Waals surface area contributed by atoms with E-state index in [2.05, 4.69) is 20.5 Å². The first-order valence-corrected chi connectivity index (χ1v) is 12.9. The number of non-ortho nitro benzene ring substituents is 1. The van der Waals surface area contributed by atoms with Crippen LogP contribution in [-0.2, 0) is 9.53 Å². The van der Waals surface area contributed by atoms with Gasteiger partial charge in [0.15, 0.2) is 0 Å². The summed E-state index contributed by atoms with van der Waals surface area (Å²) in [7, 11) is 4.92. The number of benzene rings is 3. The van der Waals surface area contributed by atoms with E-state index < -0.39 is 10.3 Å². The Morgan fingerprint density at radius 1 is 0.878 bits per heavy atom. The third kappa shape index (κ3) is 8.31. The van der Waals surface area contributed by atoms with Crippen LogP contribution in [0.5, 0.6) is 11.5 Å². The minimum Gasteiger partial charge on any atom is -0.494 e. The summed E-state index contributed by atoms with van der Waals surface area (Å²) in [6.07, 6.45) is 0.718. The van der Waals surface area contributed by atoms with Crippen molar-refractivity contribution in [1.29, 1.82) is 0 Å². The van der Waals surface area contributed by atoms with Gasteiger partial charge in [-0.05, 0) is 56.7 Å².